The van der Waals surface area contributed by atoms with Crippen LogP contribution in [0, 0.1) is 0 Å². The lowest BCUT2D eigenvalue weighted by Crippen LogP contribution is -2.39. The molecule has 134 valence electrons. The molecule has 0 saturated carbocycles. The monoisotopic (exact) mass is 368 g/mol. The molecule has 26 heavy (non-hydrogen) atoms. The van der Waals surface area contributed by atoms with E-state index in [1.165, 1.54) is 16.9 Å². The van der Waals surface area contributed by atoms with E-state index in [0.29, 0.717) is 23.2 Å². The standard InChI is InChI=1S/C18H20N6OS/c19-18-23-22-15(26-18)8-16(25)24-9-13(17-14(10-24)20-11-21-17)7-6-12-4-2-1-3-5-12/h1-5,11,13H,6-10H2,(H2,19,23)(H,20,21). The molecule has 8 heteroatoms. The molecule has 0 bridgehead atoms. The van der Waals surface area contributed by atoms with Gasteiger partial charge in [0, 0.05) is 12.5 Å². The number of imidazole rings is 1. The average molecular weight is 368 g/mol. The second-order valence-corrected chi connectivity index (χ2v) is 7.57. The molecule has 0 aliphatic carbocycles. The van der Waals surface area contributed by atoms with Gasteiger partial charge in [-0.2, -0.15) is 0 Å². The topological polar surface area (TPSA) is 101 Å². The lowest BCUT2D eigenvalue weighted by Gasteiger charge is -2.32. The Labute approximate surface area is 155 Å². The number of H-pyrrole nitrogens is 1. The highest BCUT2D eigenvalue weighted by Gasteiger charge is 2.30. The van der Waals surface area contributed by atoms with Crippen LogP contribution in [0.1, 0.15) is 34.3 Å². The number of nitrogens with one attached hydrogen (secondary N) is 1. The minimum atomic E-state index is 0.0473. The van der Waals surface area contributed by atoms with E-state index in [1.807, 2.05) is 11.0 Å². The molecule has 0 radical (unpaired) electrons. The number of nitrogen functional groups attached to an aromatic ring is 1. The lowest BCUT2D eigenvalue weighted by atomic mass is 9.92. The molecule has 1 unspecified atom stereocenters. The summed E-state index contributed by atoms with van der Waals surface area (Å²) >= 11 is 1.26. The number of hydrogen-bond donors (Lipinski definition) is 2. The van der Waals surface area contributed by atoms with Crippen LogP contribution in [0.2, 0.25) is 0 Å². The molecule has 1 amide bonds. The number of amides is 1. The first-order valence-electron chi connectivity index (χ1n) is 8.60. The van der Waals surface area contributed by atoms with Gasteiger partial charge < -0.3 is 15.6 Å². The third-order valence-electron chi connectivity index (χ3n) is 4.69. The summed E-state index contributed by atoms with van der Waals surface area (Å²) in [5.41, 5.74) is 9.02. The Morgan fingerprint density at radius 3 is 2.92 bits per heavy atom. The molecule has 2 aromatic heterocycles. The number of aryl methyl sites for hydroxylation is 1. The van der Waals surface area contributed by atoms with Crippen LogP contribution >= 0.6 is 11.3 Å². The van der Waals surface area contributed by atoms with Crippen molar-refractivity contribution in [3.8, 4) is 0 Å². The van der Waals surface area contributed by atoms with E-state index >= 15 is 0 Å². The van der Waals surface area contributed by atoms with Crippen LogP contribution in [-0.2, 0) is 24.2 Å². The predicted octanol–water partition coefficient (Wildman–Crippen LogP) is 2.14. The molecule has 1 aliphatic heterocycles. The van der Waals surface area contributed by atoms with E-state index in [9.17, 15) is 4.79 Å². The van der Waals surface area contributed by atoms with Crippen molar-refractivity contribution in [3.05, 3.63) is 58.6 Å². The molecule has 1 aliphatic rings. The zero-order valence-electron chi connectivity index (χ0n) is 14.3. The minimum absolute atomic E-state index is 0.0473. The van der Waals surface area contributed by atoms with Crippen molar-refractivity contribution in [2.24, 2.45) is 0 Å². The van der Waals surface area contributed by atoms with Gasteiger partial charge in [0.05, 0.1) is 30.7 Å². The molecule has 0 fully saturated rings. The maximum atomic E-state index is 12.7. The van der Waals surface area contributed by atoms with Crippen LogP contribution in [0.4, 0.5) is 5.13 Å². The summed E-state index contributed by atoms with van der Waals surface area (Å²) in [7, 11) is 0. The fourth-order valence-electron chi connectivity index (χ4n) is 3.40. The van der Waals surface area contributed by atoms with Crippen molar-refractivity contribution >= 4 is 22.4 Å². The number of benzene rings is 1. The fraction of sp³-hybridized carbons (Fsp3) is 0.333. The van der Waals surface area contributed by atoms with Gasteiger partial charge in [-0.1, -0.05) is 41.7 Å². The third kappa shape index (κ3) is 3.60. The van der Waals surface area contributed by atoms with E-state index in [2.05, 4.69) is 44.4 Å². The summed E-state index contributed by atoms with van der Waals surface area (Å²) in [6.07, 6.45) is 3.88. The van der Waals surface area contributed by atoms with E-state index in [-0.39, 0.29) is 18.2 Å². The Hall–Kier alpha value is -2.74. The van der Waals surface area contributed by atoms with Crippen molar-refractivity contribution in [2.75, 3.05) is 12.3 Å². The van der Waals surface area contributed by atoms with Crippen molar-refractivity contribution in [3.63, 3.8) is 0 Å². The number of nitrogens with two attached hydrogens (primary N) is 1. The number of anilines is 1. The molecule has 0 spiro atoms. The second kappa shape index (κ2) is 7.25. The molecule has 3 aromatic rings. The Balaban J connectivity index is 1.46. The predicted molar refractivity (Wildman–Crippen MR) is 99.5 cm³/mol. The first-order chi connectivity index (χ1) is 12.7. The quantitative estimate of drug-likeness (QED) is 0.718. The summed E-state index contributed by atoms with van der Waals surface area (Å²) in [5.74, 6) is 0.278. The SMILES string of the molecule is Nc1nnc(CC(=O)N2Cc3[nH]cnc3C(CCc3ccccc3)C2)s1. The van der Waals surface area contributed by atoms with Crippen LogP contribution < -0.4 is 5.73 Å². The van der Waals surface area contributed by atoms with Gasteiger partial charge in [-0.15, -0.1) is 10.2 Å². The Morgan fingerprint density at radius 2 is 2.15 bits per heavy atom. The van der Waals surface area contributed by atoms with Crippen molar-refractivity contribution in [1.82, 2.24) is 25.1 Å². The van der Waals surface area contributed by atoms with Crippen LogP contribution in [0.3, 0.4) is 0 Å². The van der Waals surface area contributed by atoms with Gasteiger partial charge in [0.15, 0.2) is 0 Å². The molecule has 3 N–H and O–H groups in total. The molecule has 0 saturated heterocycles. The zero-order chi connectivity index (χ0) is 17.9. The molecule has 7 nitrogen and oxygen atoms in total. The van der Waals surface area contributed by atoms with Crippen LogP contribution in [0.25, 0.3) is 0 Å². The summed E-state index contributed by atoms with van der Waals surface area (Å²) in [5, 5.41) is 8.78. The molecule has 1 atom stereocenters. The van der Waals surface area contributed by atoms with E-state index in [1.54, 1.807) is 6.33 Å². The largest absolute Gasteiger partial charge is 0.374 e. The Morgan fingerprint density at radius 1 is 1.31 bits per heavy atom. The Bertz CT molecular complexity index is 890. The van der Waals surface area contributed by atoms with Gasteiger partial charge in [-0.05, 0) is 18.4 Å². The van der Waals surface area contributed by atoms with Gasteiger partial charge in [-0.25, -0.2) is 4.98 Å². The van der Waals surface area contributed by atoms with Crippen molar-refractivity contribution in [1.29, 1.82) is 0 Å². The number of aromatic nitrogens is 4. The number of fused-ring (bicyclic) bond motifs is 1. The summed E-state index contributed by atoms with van der Waals surface area (Å²) in [6.45, 7) is 1.24. The highest BCUT2D eigenvalue weighted by atomic mass is 32.1. The smallest absolute Gasteiger partial charge is 0.229 e. The van der Waals surface area contributed by atoms with Crippen LogP contribution in [0.15, 0.2) is 36.7 Å². The second-order valence-electron chi connectivity index (χ2n) is 6.47. The summed E-state index contributed by atoms with van der Waals surface area (Å²) < 4.78 is 0. The van der Waals surface area contributed by atoms with Crippen LogP contribution in [-0.4, -0.2) is 37.5 Å². The number of rotatable bonds is 5. The van der Waals surface area contributed by atoms with Crippen LogP contribution in [0.5, 0.6) is 0 Å². The highest BCUT2D eigenvalue weighted by molar-refractivity contribution is 7.15. The first kappa shape index (κ1) is 16.7. The summed E-state index contributed by atoms with van der Waals surface area (Å²) in [4.78, 5) is 22.3. The molecular weight excluding hydrogens is 348 g/mol. The third-order valence-corrected chi connectivity index (χ3v) is 5.44. The number of carbonyl (C=O) groups excluding carboxylic acids is 1. The Kier molecular flexibility index (Phi) is 4.66. The number of nitrogens with zero attached hydrogens (tertiary/aromatic N) is 4. The molecule has 3 heterocycles. The number of aromatic amines is 1. The van der Waals surface area contributed by atoms with Gasteiger partial charge in [-0.3, -0.25) is 4.79 Å². The summed E-state index contributed by atoms with van der Waals surface area (Å²) in [6, 6.07) is 10.4. The van der Waals surface area contributed by atoms with Gasteiger partial charge in [0.2, 0.25) is 11.0 Å². The van der Waals surface area contributed by atoms with E-state index < -0.39 is 0 Å². The fourth-order valence-corrected chi connectivity index (χ4v) is 4.00. The highest BCUT2D eigenvalue weighted by Crippen LogP contribution is 2.30. The molecule has 4 rings (SSSR count). The zero-order valence-corrected chi connectivity index (χ0v) is 15.1. The van der Waals surface area contributed by atoms with Crippen molar-refractivity contribution < 1.29 is 4.79 Å². The average Bonchev–Trinajstić information content (AvgIpc) is 3.29. The normalized spacial score (nSPS) is 16.5. The maximum absolute atomic E-state index is 12.7. The van der Waals surface area contributed by atoms with E-state index in [4.69, 9.17) is 5.73 Å². The van der Waals surface area contributed by atoms with Crippen molar-refractivity contribution in [2.45, 2.75) is 31.7 Å². The minimum Gasteiger partial charge on any atom is -0.374 e. The van der Waals surface area contributed by atoms with Gasteiger partial charge in [0.1, 0.15) is 5.01 Å². The number of hydrogen-bond acceptors (Lipinski definition) is 6. The maximum Gasteiger partial charge on any atom is 0.229 e. The number of carbonyl (C=O) groups is 1. The van der Waals surface area contributed by atoms with Gasteiger partial charge >= 0.3 is 0 Å². The van der Waals surface area contributed by atoms with E-state index in [0.717, 1.165) is 24.2 Å². The molecule has 1 aromatic carbocycles. The first-order valence-corrected chi connectivity index (χ1v) is 9.42. The van der Waals surface area contributed by atoms with Gasteiger partial charge in [0.25, 0.3) is 0 Å². The lowest BCUT2D eigenvalue weighted by molar-refractivity contribution is -0.131. The molecular formula is C18H20N6OS.